The number of nitrogens with one attached hydrogen (secondary N) is 1. The topological polar surface area (TPSA) is 71.2 Å². The van der Waals surface area contributed by atoms with E-state index in [1.807, 2.05) is 30.3 Å². The van der Waals surface area contributed by atoms with Gasteiger partial charge in [-0.05, 0) is 17.7 Å². The largest absolute Gasteiger partial charge is 0.396 e. The van der Waals surface area contributed by atoms with Gasteiger partial charge in [0.05, 0.1) is 11.8 Å². The molecule has 0 saturated heterocycles. The van der Waals surface area contributed by atoms with E-state index in [1.54, 1.807) is 12.1 Å². The van der Waals surface area contributed by atoms with E-state index in [0.717, 1.165) is 5.56 Å². The number of pyridine rings is 1. The van der Waals surface area contributed by atoms with Crippen LogP contribution in [0.5, 0.6) is 0 Å². The van der Waals surface area contributed by atoms with E-state index in [9.17, 15) is 5.11 Å². The molecule has 1 heterocycles. The quantitative estimate of drug-likeness (QED) is 0.741. The summed E-state index contributed by atoms with van der Waals surface area (Å²) in [7, 11) is 0. The van der Waals surface area contributed by atoms with Gasteiger partial charge in [0.15, 0.2) is 5.82 Å². The lowest BCUT2D eigenvalue weighted by Crippen LogP contribution is -2.14. The van der Waals surface area contributed by atoms with Gasteiger partial charge < -0.3 is 16.2 Å². The maximum Gasteiger partial charge on any atom is 0.151 e. The summed E-state index contributed by atoms with van der Waals surface area (Å²) in [6, 6.07) is 12.7. The van der Waals surface area contributed by atoms with E-state index in [1.165, 1.54) is 0 Å². The number of aliphatic hydroxyl groups is 1. The molecule has 2 rings (SSSR count). The molecule has 4 nitrogen and oxygen atoms in total. The van der Waals surface area contributed by atoms with Crippen LogP contribution in [0.3, 0.4) is 0 Å². The van der Waals surface area contributed by atoms with Crippen LogP contribution >= 0.6 is 11.6 Å². The number of nitrogens with zero attached hydrogens (tertiary/aromatic N) is 1. The molecule has 0 aliphatic carbocycles. The van der Waals surface area contributed by atoms with Crippen LogP contribution in [-0.4, -0.2) is 16.6 Å². The van der Waals surface area contributed by atoms with Crippen LogP contribution in [0.15, 0.2) is 42.5 Å². The normalized spacial score (nSPS) is 12.1. The van der Waals surface area contributed by atoms with Gasteiger partial charge >= 0.3 is 0 Å². The molecular formula is C13H14ClN3O. The second-order valence-corrected chi connectivity index (χ2v) is 4.27. The molecule has 0 aliphatic rings. The Hall–Kier alpha value is -1.78. The highest BCUT2D eigenvalue weighted by molar-refractivity contribution is 6.29. The number of rotatable bonds is 4. The van der Waals surface area contributed by atoms with Crippen LogP contribution in [0.2, 0.25) is 5.15 Å². The molecule has 0 radical (unpaired) electrons. The Morgan fingerprint density at radius 3 is 2.67 bits per heavy atom. The van der Waals surface area contributed by atoms with E-state index in [4.69, 9.17) is 17.3 Å². The minimum atomic E-state index is -0.619. The number of benzene rings is 1. The van der Waals surface area contributed by atoms with Gasteiger partial charge in [-0.3, -0.25) is 0 Å². The third-order valence-corrected chi connectivity index (χ3v) is 2.75. The summed E-state index contributed by atoms with van der Waals surface area (Å²) in [6.07, 6.45) is -0.619. The number of nitrogens with two attached hydrogens (primary N) is 1. The van der Waals surface area contributed by atoms with Crippen molar-refractivity contribution < 1.29 is 5.11 Å². The average Bonchev–Trinajstić information content (AvgIpc) is 2.40. The van der Waals surface area contributed by atoms with E-state index >= 15 is 0 Å². The van der Waals surface area contributed by atoms with Gasteiger partial charge in [-0.25, -0.2) is 4.98 Å². The van der Waals surface area contributed by atoms with Crippen LogP contribution in [0.1, 0.15) is 11.7 Å². The van der Waals surface area contributed by atoms with Crippen molar-refractivity contribution in [1.29, 1.82) is 0 Å². The Kier molecular flexibility index (Phi) is 4.02. The van der Waals surface area contributed by atoms with E-state index < -0.39 is 6.10 Å². The van der Waals surface area contributed by atoms with Crippen molar-refractivity contribution >= 4 is 23.1 Å². The molecule has 1 aromatic heterocycles. The van der Waals surface area contributed by atoms with Crippen molar-refractivity contribution in [2.24, 2.45) is 0 Å². The number of aliphatic hydroxyl groups excluding tert-OH is 1. The zero-order valence-electron chi connectivity index (χ0n) is 9.68. The Balaban J connectivity index is 2.01. The molecule has 1 unspecified atom stereocenters. The zero-order chi connectivity index (χ0) is 13.0. The first-order valence-corrected chi connectivity index (χ1v) is 5.93. The molecule has 1 atom stereocenters. The molecule has 0 fully saturated rings. The van der Waals surface area contributed by atoms with Crippen molar-refractivity contribution in [1.82, 2.24) is 4.98 Å². The molecule has 0 aliphatic heterocycles. The fourth-order valence-corrected chi connectivity index (χ4v) is 1.72. The van der Waals surface area contributed by atoms with Crippen molar-refractivity contribution in [3.05, 3.63) is 53.2 Å². The van der Waals surface area contributed by atoms with Crippen LogP contribution in [0.25, 0.3) is 0 Å². The molecule has 4 N–H and O–H groups in total. The molecule has 0 spiro atoms. The van der Waals surface area contributed by atoms with Gasteiger partial charge in [-0.1, -0.05) is 41.9 Å². The molecule has 0 saturated carbocycles. The highest BCUT2D eigenvalue weighted by atomic mass is 35.5. The van der Waals surface area contributed by atoms with Crippen LogP contribution in [0, 0.1) is 0 Å². The summed E-state index contributed by atoms with van der Waals surface area (Å²) in [5.74, 6) is 0.484. The monoisotopic (exact) mass is 263 g/mol. The lowest BCUT2D eigenvalue weighted by atomic mass is 10.1. The Morgan fingerprint density at radius 2 is 1.94 bits per heavy atom. The number of nitrogen functional groups attached to an aromatic ring is 1. The van der Waals surface area contributed by atoms with Crippen molar-refractivity contribution in [2.45, 2.75) is 6.10 Å². The zero-order valence-corrected chi connectivity index (χ0v) is 10.4. The maximum atomic E-state index is 9.98. The predicted octanol–water partition coefficient (Wildman–Crippen LogP) is 2.46. The molecule has 2 aromatic rings. The Labute approximate surface area is 110 Å². The van der Waals surface area contributed by atoms with Crippen molar-refractivity contribution in [2.75, 3.05) is 17.6 Å². The molecular weight excluding hydrogens is 250 g/mol. The minimum absolute atomic E-state index is 0.321. The van der Waals surface area contributed by atoms with Gasteiger partial charge in [-0.2, -0.15) is 0 Å². The predicted molar refractivity (Wildman–Crippen MR) is 73.6 cm³/mol. The summed E-state index contributed by atoms with van der Waals surface area (Å²) in [5, 5.41) is 13.3. The van der Waals surface area contributed by atoms with Gasteiger partial charge in [-0.15, -0.1) is 0 Å². The number of halogens is 1. The van der Waals surface area contributed by atoms with Gasteiger partial charge in [0, 0.05) is 6.54 Å². The van der Waals surface area contributed by atoms with E-state index in [2.05, 4.69) is 10.3 Å². The second kappa shape index (κ2) is 5.71. The Morgan fingerprint density at radius 1 is 1.22 bits per heavy atom. The van der Waals surface area contributed by atoms with Crippen molar-refractivity contribution in [3.63, 3.8) is 0 Å². The van der Waals surface area contributed by atoms with Gasteiger partial charge in [0.25, 0.3) is 0 Å². The highest BCUT2D eigenvalue weighted by Crippen LogP contribution is 2.20. The first kappa shape index (κ1) is 12.7. The number of hydrogen-bond acceptors (Lipinski definition) is 4. The second-order valence-electron chi connectivity index (χ2n) is 3.88. The van der Waals surface area contributed by atoms with E-state index in [-0.39, 0.29) is 0 Å². The maximum absolute atomic E-state index is 9.98. The van der Waals surface area contributed by atoms with Crippen LogP contribution < -0.4 is 11.1 Å². The Bertz CT molecular complexity index is 519. The summed E-state index contributed by atoms with van der Waals surface area (Å²) in [4.78, 5) is 4.06. The van der Waals surface area contributed by atoms with Gasteiger partial charge in [0.1, 0.15) is 5.15 Å². The third kappa shape index (κ3) is 3.12. The lowest BCUT2D eigenvalue weighted by Gasteiger charge is -2.13. The molecule has 5 heteroatoms. The van der Waals surface area contributed by atoms with E-state index in [0.29, 0.717) is 23.2 Å². The molecule has 1 aromatic carbocycles. The molecule has 0 bridgehead atoms. The molecule has 94 valence electrons. The summed E-state index contributed by atoms with van der Waals surface area (Å²) >= 11 is 5.78. The minimum Gasteiger partial charge on any atom is -0.396 e. The summed E-state index contributed by atoms with van der Waals surface area (Å²) in [5.41, 5.74) is 7.09. The fourth-order valence-electron chi connectivity index (χ4n) is 1.57. The third-order valence-electron chi connectivity index (χ3n) is 2.54. The molecule has 0 amide bonds. The highest BCUT2D eigenvalue weighted by Gasteiger charge is 2.08. The van der Waals surface area contributed by atoms with Crippen molar-refractivity contribution in [3.8, 4) is 0 Å². The van der Waals surface area contributed by atoms with Crippen LogP contribution in [-0.2, 0) is 0 Å². The number of hydrogen-bond donors (Lipinski definition) is 3. The van der Waals surface area contributed by atoms with Gasteiger partial charge in [0.2, 0.25) is 0 Å². The fraction of sp³-hybridized carbons (Fsp3) is 0.154. The number of aromatic nitrogens is 1. The first-order valence-electron chi connectivity index (χ1n) is 5.55. The standard InChI is InChI=1S/C13H14ClN3O/c14-12-7-6-10(15)13(17-12)16-8-11(18)9-4-2-1-3-5-9/h1-7,11,18H,8,15H2,(H,16,17). The smallest absolute Gasteiger partial charge is 0.151 e. The summed E-state index contributed by atoms with van der Waals surface area (Å²) < 4.78 is 0. The lowest BCUT2D eigenvalue weighted by molar-refractivity contribution is 0.191. The number of anilines is 2. The van der Waals surface area contributed by atoms with Crippen LogP contribution in [0.4, 0.5) is 11.5 Å². The first-order chi connectivity index (χ1) is 8.66. The average molecular weight is 264 g/mol. The molecule has 18 heavy (non-hydrogen) atoms. The SMILES string of the molecule is Nc1ccc(Cl)nc1NCC(O)c1ccccc1. The summed E-state index contributed by atoms with van der Waals surface area (Å²) in [6.45, 7) is 0.321.